The minimum atomic E-state index is -1.06. The van der Waals surface area contributed by atoms with Crippen molar-refractivity contribution in [3.05, 3.63) is 34.2 Å². The molecule has 2 saturated heterocycles. The second kappa shape index (κ2) is 7.37. The van der Waals surface area contributed by atoms with Gasteiger partial charge in [-0.05, 0) is 19.8 Å². The Morgan fingerprint density at radius 2 is 2.30 bits per heavy atom. The van der Waals surface area contributed by atoms with Crippen LogP contribution in [0.3, 0.4) is 0 Å². The van der Waals surface area contributed by atoms with Gasteiger partial charge in [0.05, 0.1) is 30.6 Å². The lowest BCUT2D eigenvalue weighted by Crippen LogP contribution is -2.63. The fraction of sp³-hybridized carbons (Fsp3) is 0.550. The number of nitrogens with one attached hydrogen (secondary N) is 1. The largest absolute Gasteiger partial charge is 0.477 e. The summed E-state index contributed by atoms with van der Waals surface area (Å²) in [5.41, 5.74) is 0.115. The molecule has 0 unspecified atom stereocenters. The number of amides is 1. The van der Waals surface area contributed by atoms with Crippen LogP contribution in [-0.4, -0.2) is 66.4 Å². The summed E-state index contributed by atoms with van der Waals surface area (Å²) in [7, 11) is 0. The van der Waals surface area contributed by atoms with Crippen molar-refractivity contribution in [1.29, 1.82) is 0 Å². The van der Waals surface area contributed by atoms with Crippen LogP contribution < -0.4 is 5.32 Å². The monoisotopic (exact) mass is 448 g/mol. The molecule has 0 bridgehead atoms. The number of aliphatic carboxylic acids is 1. The Morgan fingerprint density at radius 1 is 1.50 bits per heavy atom. The molecule has 8 nitrogen and oxygen atoms in total. The lowest BCUT2D eigenvalue weighted by Gasteiger charge is -2.46. The number of carboxylic acids is 1. The standard InChI is InChI=1S/C20H24N4O4S2/c1-9-16-15(10(2)25)19(26)24(16)17(20(27)28)18(9)30-12-3-11(22-5-12)4-13-7-23-8-21-6-14(23)29-13/h6-12,15-16,22,25H,3-5H2,1-2H3,(H,27,28)/t9-,10-,11+,12+,15-,16-/m1/s1. The number of hydrogen-bond acceptors (Lipinski definition) is 7. The molecular weight excluding hydrogens is 424 g/mol. The molecule has 5 rings (SSSR count). The highest BCUT2D eigenvalue weighted by atomic mass is 32.2. The van der Waals surface area contributed by atoms with Gasteiger partial charge in [0.15, 0.2) is 0 Å². The van der Waals surface area contributed by atoms with E-state index in [1.165, 1.54) is 9.78 Å². The van der Waals surface area contributed by atoms with Gasteiger partial charge in [-0.25, -0.2) is 9.78 Å². The SMILES string of the molecule is C[C@@H](O)[C@H]1C(=O)N2C(C(=O)O)=C(S[C@@H]3CN[C@H](Cc4cn5cncc5s4)C3)[C@H](C)[C@H]12. The van der Waals surface area contributed by atoms with Crippen LogP contribution in [0.25, 0.3) is 4.83 Å². The summed E-state index contributed by atoms with van der Waals surface area (Å²) in [5.74, 6) is -1.93. The molecule has 2 aromatic rings. The number of imidazole rings is 1. The third-order valence-corrected chi connectivity index (χ3v) is 8.95. The summed E-state index contributed by atoms with van der Waals surface area (Å²) < 4.78 is 2.03. The van der Waals surface area contributed by atoms with Gasteiger partial charge >= 0.3 is 5.97 Å². The Labute approximate surface area is 182 Å². The van der Waals surface area contributed by atoms with Crippen LogP contribution in [0.2, 0.25) is 0 Å². The lowest BCUT2D eigenvalue weighted by atomic mass is 9.79. The molecule has 0 saturated carbocycles. The Balaban J connectivity index is 1.28. The highest BCUT2D eigenvalue weighted by Crippen LogP contribution is 2.51. The van der Waals surface area contributed by atoms with Crippen molar-refractivity contribution in [2.45, 2.75) is 50.1 Å². The van der Waals surface area contributed by atoms with Crippen LogP contribution >= 0.6 is 23.1 Å². The Kier molecular flexibility index (Phi) is 4.92. The van der Waals surface area contributed by atoms with Crippen molar-refractivity contribution >= 4 is 39.8 Å². The zero-order valence-electron chi connectivity index (χ0n) is 16.7. The number of aliphatic hydroxyl groups is 1. The highest BCUT2D eigenvalue weighted by molar-refractivity contribution is 8.03. The average Bonchev–Trinajstić information content (AvgIpc) is 3.40. The van der Waals surface area contributed by atoms with Crippen molar-refractivity contribution < 1.29 is 19.8 Å². The first kappa shape index (κ1) is 20.0. The van der Waals surface area contributed by atoms with Gasteiger partial charge in [0, 0.05) is 39.7 Å². The van der Waals surface area contributed by atoms with Gasteiger partial charge < -0.3 is 20.4 Å². The van der Waals surface area contributed by atoms with Crippen molar-refractivity contribution in [1.82, 2.24) is 19.6 Å². The quantitative estimate of drug-likeness (QED) is 0.576. The molecule has 160 valence electrons. The molecule has 0 spiro atoms. The van der Waals surface area contributed by atoms with Crippen molar-refractivity contribution in [2.24, 2.45) is 11.8 Å². The first-order valence-electron chi connectivity index (χ1n) is 10.1. The van der Waals surface area contributed by atoms with Crippen LogP contribution in [-0.2, 0) is 16.0 Å². The van der Waals surface area contributed by atoms with Crippen LogP contribution in [0, 0.1) is 11.8 Å². The van der Waals surface area contributed by atoms with Gasteiger partial charge in [-0.1, -0.05) is 6.92 Å². The van der Waals surface area contributed by atoms with Gasteiger partial charge in [-0.3, -0.25) is 9.20 Å². The zero-order valence-corrected chi connectivity index (χ0v) is 18.3. The molecule has 30 heavy (non-hydrogen) atoms. The number of rotatable bonds is 6. The molecule has 6 atom stereocenters. The molecule has 10 heteroatoms. The summed E-state index contributed by atoms with van der Waals surface area (Å²) >= 11 is 3.33. The van der Waals surface area contributed by atoms with E-state index in [9.17, 15) is 19.8 Å². The Bertz CT molecular complexity index is 1020. The number of β-lactam (4-membered cyclic amide) rings is 1. The number of fused-ring (bicyclic) bond motifs is 2. The van der Waals surface area contributed by atoms with Crippen molar-refractivity contribution in [3.8, 4) is 0 Å². The number of thioether (sulfide) groups is 1. The van der Waals surface area contributed by atoms with Crippen LogP contribution in [0.4, 0.5) is 0 Å². The summed E-state index contributed by atoms with van der Waals surface area (Å²) in [4.78, 5) is 33.2. The van der Waals surface area contributed by atoms with E-state index in [1.807, 2.05) is 23.8 Å². The van der Waals surface area contributed by atoms with E-state index in [1.54, 1.807) is 30.0 Å². The minimum absolute atomic E-state index is 0.0797. The number of carbonyl (C=O) groups excluding carboxylic acids is 1. The van der Waals surface area contributed by atoms with Gasteiger partial charge in [0.25, 0.3) is 0 Å². The van der Waals surface area contributed by atoms with E-state index in [4.69, 9.17) is 0 Å². The average molecular weight is 449 g/mol. The third kappa shape index (κ3) is 3.08. The molecule has 3 aliphatic heterocycles. The van der Waals surface area contributed by atoms with Crippen LogP contribution in [0.15, 0.2) is 29.3 Å². The molecule has 3 N–H and O–H groups in total. The number of nitrogens with zero attached hydrogens (tertiary/aromatic N) is 3. The van der Waals surface area contributed by atoms with E-state index in [0.717, 1.165) is 29.1 Å². The zero-order chi connectivity index (χ0) is 21.2. The highest BCUT2D eigenvalue weighted by Gasteiger charge is 2.60. The summed E-state index contributed by atoms with van der Waals surface area (Å²) in [6.45, 7) is 4.38. The fourth-order valence-electron chi connectivity index (χ4n) is 5.01. The number of aromatic nitrogens is 2. The van der Waals surface area contributed by atoms with Gasteiger partial charge in [-0.2, -0.15) is 0 Å². The summed E-state index contributed by atoms with van der Waals surface area (Å²) in [6.07, 6.45) is 6.89. The molecule has 0 radical (unpaired) electrons. The van der Waals surface area contributed by atoms with Gasteiger partial charge in [-0.15, -0.1) is 23.1 Å². The number of hydrogen-bond donors (Lipinski definition) is 3. The maximum atomic E-state index is 12.5. The summed E-state index contributed by atoms with van der Waals surface area (Å²) in [5, 5.41) is 23.6. The van der Waals surface area contributed by atoms with E-state index >= 15 is 0 Å². The predicted molar refractivity (Wildman–Crippen MR) is 114 cm³/mol. The number of aliphatic hydroxyl groups excluding tert-OH is 1. The lowest BCUT2D eigenvalue weighted by molar-refractivity contribution is -0.163. The third-order valence-electron chi connectivity index (χ3n) is 6.38. The molecule has 5 heterocycles. The first-order valence-corrected chi connectivity index (χ1v) is 11.8. The summed E-state index contributed by atoms with van der Waals surface area (Å²) in [6, 6.07) is 0.0907. The molecule has 3 aliphatic rings. The number of thiazole rings is 1. The molecule has 0 aromatic carbocycles. The Hall–Kier alpha value is -1.88. The fourth-order valence-corrected chi connectivity index (χ4v) is 7.56. The second-order valence-electron chi connectivity index (χ2n) is 8.39. The minimum Gasteiger partial charge on any atom is -0.477 e. The normalized spacial score (nSPS) is 32.0. The molecular formula is C20H24N4O4S2. The van der Waals surface area contributed by atoms with Crippen LogP contribution in [0.5, 0.6) is 0 Å². The molecule has 2 fully saturated rings. The number of carboxylic acid groups (broad SMARTS) is 1. The van der Waals surface area contributed by atoms with E-state index in [-0.39, 0.29) is 28.8 Å². The topological polar surface area (TPSA) is 107 Å². The molecule has 0 aliphatic carbocycles. The van der Waals surface area contributed by atoms with E-state index < -0.39 is 18.0 Å². The smallest absolute Gasteiger partial charge is 0.353 e. The van der Waals surface area contributed by atoms with E-state index in [2.05, 4.69) is 16.5 Å². The second-order valence-corrected chi connectivity index (χ2v) is 10.9. The maximum absolute atomic E-state index is 12.5. The van der Waals surface area contributed by atoms with Crippen LogP contribution in [0.1, 0.15) is 25.1 Å². The van der Waals surface area contributed by atoms with Gasteiger partial charge in [0.2, 0.25) is 5.91 Å². The van der Waals surface area contributed by atoms with Gasteiger partial charge in [0.1, 0.15) is 10.5 Å². The Morgan fingerprint density at radius 3 is 3.00 bits per heavy atom. The molecule has 2 aromatic heterocycles. The predicted octanol–water partition coefficient (Wildman–Crippen LogP) is 1.56. The maximum Gasteiger partial charge on any atom is 0.353 e. The van der Waals surface area contributed by atoms with Crippen molar-refractivity contribution in [3.63, 3.8) is 0 Å². The number of carbonyl (C=O) groups is 2. The molecule has 1 amide bonds. The van der Waals surface area contributed by atoms with Crippen molar-refractivity contribution in [2.75, 3.05) is 6.54 Å². The van der Waals surface area contributed by atoms with E-state index in [0.29, 0.717) is 6.04 Å². The first-order chi connectivity index (χ1) is 14.3.